The molecule has 0 aliphatic carbocycles. The molecule has 12 heteroatoms. The van der Waals surface area contributed by atoms with Crippen molar-refractivity contribution in [3.8, 4) is 0 Å². The van der Waals surface area contributed by atoms with Crippen LogP contribution in [-0.4, -0.2) is 18.4 Å². The molecule has 0 atom stereocenters. The van der Waals surface area contributed by atoms with E-state index in [9.17, 15) is 21.6 Å². The van der Waals surface area contributed by atoms with Crippen molar-refractivity contribution in [1.29, 1.82) is 0 Å². The monoisotopic (exact) mass is 512 g/mol. The fourth-order valence-electron chi connectivity index (χ4n) is 2.99. The van der Waals surface area contributed by atoms with Crippen LogP contribution >= 0.6 is 23.2 Å². The quantitative estimate of drug-likeness (QED) is 0.318. The first kappa shape index (κ1) is 23.1. The molecular weight excluding hydrogens is 500 g/mol. The number of benzene rings is 3. The minimum absolute atomic E-state index is 0.0639. The van der Waals surface area contributed by atoms with Crippen LogP contribution in [0.3, 0.4) is 0 Å². The van der Waals surface area contributed by atoms with Gasteiger partial charge in [0.05, 0.1) is 32.2 Å². The third-order valence-electron chi connectivity index (χ3n) is 4.47. The van der Waals surface area contributed by atoms with Gasteiger partial charge in [-0.05, 0) is 42.5 Å². The van der Waals surface area contributed by atoms with Gasteiger partial charge in [0.1, 0.15) is 0 Å². The van der Waals surface area contributed by atoms with Gasteiger partial charge in [-0.25, -0.2) is 18.4 Å². The van der Waals surface area contributed by atoms with Crippen molar-refractivity contribution in [3.63, 3.8) is 0 Å². The smallest absolute Gasteiger partial charge is 0.336 e. The second-order valence-electron chi connectivity index (χ2n) is 6.76. The molecule has 0 fully saturated rings. The highest BCUT2D eigenvalue weighted by Crippen LogP contribution is 2.36. The molecule has 2 N–H and O–H groups in total. The zero-order chi connectivity index (χ0) is 23.8. The van der Waals surface area contributed by atoms with E-state index in [1.165, 1.54) is 12.1 Å². The van der Waals surface area contributed by atoms with Crippen molar-refractivity contribution in [2.45, 2.75) is 11.1 Å². The summed E-state index contributed by atoms with van der Waals surface area (Å²) >= 11 is 12.1. The minimum atomic E-state index is -4.88. The van der Waals surface area contributed by atoms with Crippen molar-refractivity contribution in [1.82, 2.24) is 9.97 Å². The first-order valence-corrected chi connectivity index (χ1v) is 11.5. The molecule has 0 amide bonds. The molecule has 0 spiro atoms. The van der Waals surface area contributed by atoms with Crippen LogP contribution in [0.5, 0.6) is 0 Å². The Kier molecular flexibility index (Phi) is 6.08. The van der Waals surface area contributed by atoms with E-state index >= 15 is 0 Å². The second-order valence-corrected chi connectivity index (χ2v) is 9.25. The zero-order valence-electron chi connectivity index (χ0n) is 16.4. The fourth-order valence-corrected chi connectivity index (χ4v) is 4.69. The number of fused-ring (bicyclic) bond motifs is 1. The number of halogens is 5. The molecular formula is C21H13Cl2F3N4O2S. The van der Waals surface area contributed by atoms with E-state index in [1.807, 2.05) is 0 Å². The highest BCUT2D eigenvalue weighted by atomic mass is 35.5. The first-order valence-electron chi connectivity index (χ1n) is 9.22. The lowest BCUT2D eigenvalue weighted by molar-refractivity contribution is -0.139. The number of hydrogen-bond acceptors (Lipinski definition) is 5. The molecule has 1 heterocycles. The van der Waals surface area contributed by atoms with Crippen LogP contribution in [0.2, 0.25) is 10.0 Å². The largest absolute Gasteiger partial charge is 0.417 e. The van der Waals surface area contributed by atoms with Crippen molar-refractivity contribution in [2.75, 3.05) is 10.0 Å². The Morgan fingerprint density at radius 2 is 1.42 bits per heavy atom. The van der Waals surface area contributed by atoms with E-state index in [0.29, 0.717) is 27.8 Å². The molecule has 0 saturated heterocycles. The Morgan fingerprint density at radius 3 is 2.06 bits per heavy atom. The number of hydrogen-bond donors (Lipinski definition) is 2. The molecule has 6 nitrogen and oxygen atoms in total. The lowest BCUT2D eigenvalue weighted by Crippen LogP contribution is -2.20. The van der Waals surface area contributed by atoms with Crippen molar-refractivity contribution >= 4 is 61.6 Å². The third-order valence-corrected chi connectivity index (χ3v) is 6.41. The number of alkyl halides is 3. The number of nitrogens with one attached hydrogen (secondary N) is 2. The number of anilines is 3. The van der Waals surface area contributed by atoms with Crippen molar-refractivity contribution in [2.24, 2.45) is 0 Å². The molecule has 3 aromatic carbocycles. The predicted octanol–water partition coefficient (Wildman–Crippen LogP) is 6.50. The van der Waals surface area contributed by atoms with Crippen LogP contribution in [-0.2, 0) is 16.2 Å². The van der Waals surface area contributed by atoms with Crippen molar-refractivity contribution in [3.05, 3.63) is 82.3 Å². The zero-order valence-corrected chi connectivity index (χ0v) is 18.7. The summed E-state index contributed by atoms with van der Waals surface area (Å²) in [5.74, 6) is -0.373. The third kappa shape index (κ3) is 4.97. The average Bonchev–Trinajstić information content (AvgIpc) is 2.75. The molecule has 0 unspecified atom stereocenters. The molecule has 0 radical (unpaired) electrons. The molecule has 1 aromatic heterocycles. The molecule has 33 heavy (non-hydrogen) atoms. The fraction of sp³-hybridized carbons (Fsp3) is 0.0476. The van der Waals surface area contributed by atoms with E-state index in [-0.39, 0.29) is 16.7 Å². The molecule has 170 valence electrons. The van der Waals surface area contributed by atoms with Gasteiger partial charge in [0.15, 0.2) is 11.6 Å². The average molecular weight is 513 g/mol. The maximum atomic E-state index is 13.4. The molecule has 0 aliphatic rings. The summed E-state index contributed by atoms with van der Waals surface area (Å²) in [4.78, 5) is 7.68. The Bertz CT molecular complexity index is 1460. The summed E-state index contributed by atoms with van der Waals surface area (Å²) in [6.45, 7) is 0. The summed E-state index contributed by atoms with van der Waals surface area (Å²) in [5, 5.41) is 3.46. The van der Waals surface area contributed by atoms with Crippen LogP contribution in [0.15, 0.2) is 71.6 Å². The number of aromatic nitrogens is 2. The van der Waals surface area contributed by atoms with Crippen LogP contribution < -0.4 is 10.0 Å². The van der Waals surface area contributed by atoms with Crippen LogP contribution in [0.1, 0.15) is 5.56 Å². The van der Waals surface area contributed by atoms with Gasteiger partial charge in [-0.3, -0.25) is 4.72 Å². The van der Waals surface area contributed by atoms with Gasteiger partial charge < -0.3 is 5.32 Å². The van der Waals surface area contributed by atoms with E-state index < -0.39 is 26.7 Å². The standard InChI is InChI=1S/C21H13Cl2F3N4O2S/c22-12-9-10-15(14(23)11-12)27-19-20(29-17-7-3-2-6-16(17)28-19)30-33(31,32)18-8-4-1-5-13(18)21(24,25)26/h1-11H,(H,27,28)(H,29,30). The molecule has 0 bridgehead atoms. The highest BCUT2D eigenvalue weighted by molar-refractivity contribution is 7.92. The molecule has 4 rings (SSSR count). The van der Waals surface area contributed by atoms with Gasteiger partial charge in [0.2, 0.25) is 0 Å². The van der Waals surface area contributed by atoms with Crippen LogP contribution in [0.4, 0.5) is 30.5 Å². The number of rotatable bonds is 5. The maximum absolute atomic E-state index is 13.4. The van der Waals surface area contributed by atoms with Gasteiger partial charge in [0.25, 0.3) is 10.0 Å². The predicted molar refractivity (Wildman–Crippen MR) is 122 cm³/mol. The van der Waals surface area contributed by atoms with E-state index in [2.05, 4.69) is 20.0 Å². The summed E-state index contributed by atoms with van der Waals surface area (Å²) in [6, 6.07) is 15.0. The summed E-state index contributed by atoms with van der Waals surface area (Å²) in [7, 11) is -4.69. The summed E-state index contributed by atoms with van der Waals surface area (Å²) in [6.07, 6.45) is -4.88. The van der Waals surface area contributed by atoms with Crippen LogP contribution in [0.25, 0.3) is 11.0 Å². The normalized spacial score (nSPS) is 12.0. The Labute approximate surface area is 196 Å². The molecule has 0 saturated carbocycles. The van der Waals surface area contributed by atoms with Gasteiger partial charge in [-0.1, -0.05) is 47.5 Å². The number of sulfonamides is 1. The number of para-hydroxylation sites is 2. The SMILES string of the molecule is O=S(=O)(Nc1nc2ccccc2nc1Nc1ccc(Cl)cc1Cl)c1ccccc1C(F)(F)F. The first-order chi connectivity index (χ1) is 15.5. The highest BCUT2D eigenvalue weighted by Gasteiger charge is 2.37. The number of nitrogens with zero attached hydrogens (tertiary/aromatic N) is 2. The Balaban J connectivity index is 1.82. The maximum Gasteiger partial charge on any atom is 0.417 e. The Morgan fingerprint density at radius 1 is 0.818 bits per heavy atom. The molecule has 4 aromatic rings. The van der Waals surface area contributed by atoms with Crippen LogP contribution in [0, 0.1) is 0 Å². The van der Waals surface area contributed by atoms with E-state index in [0.717, 1.165) is 12.1 Å². The van der Waals surface area contributed by atoms with Gasteiger partial charge in [-0.2, -0.15) is 13.2 Å². The van der Waals surface area contributed by atoms with Gasteiger partial charge in [-0.15, -0.1) is 0 Å². The lowest BCUT2D eigenvalue weighted by atomic mass is 10.2. The molecule has 0 aliphatic heterocycles. The lowest BCUT2D eigenvalue weighted by Gasteiger charge is -2.16. The second kappa shape index (κ2) is 8.69. The minimum Gasteiger partial charge on any atom is -0.336 e. The summed E-state index contributed by atoms with van der Waals surface area (Å²) < 4.78 is 68.3. The van der Waals surface area contributed by atoms with E-state index in [4.69, 9.17) is 23.2 Å². The topological polar surface area (TPSA) is 84.0 Å². The Hall–Kier alpha value is -3.08. The van der Waals surface area contributed by atoms with Gasteiger partial charge >= 0.3 is 6.18 Å². The van der Waals surface area contributed by atoms with E-state index in [1.54, 1.807) is 36.4 Å². The summed E-state index contributed by atoms with van der Waals surface area (Å²) in [5.41, 5.74) is -0.223. The van der Waals surface area contributed by atoms with Gasteiger partial charge in [0, 0.05) is 5.02 Å². The van der Waals surface area contributed by atoms with Crippen molar-refractivity contribution < 1.29 is 21.6 Å².